The largest absolute Gasteiger partial charge is 0.390 e. The number of aliphatic hydroxyl groups excluding tert-OH is 1. The molecule has 0 bridgehead atoms. The predicted molar refractivity (Wildman–Crippen MR) is 90.3 cm³/mol. The van der Waals surface area contributed by atoms with Crippen LogP contribution < -0.4 is 11.1 Å². The first kappa shape index (κ1) is 18.1. The van der Waals surface area contributed by atoms with Gasteiger partial charge < -0.3 is 16.2 Å². The lowest BCUT2D eigenvalue weighted by Crippen LogP contribution is -2.45. The summed E-state index contributed by atoms with van der Waals surface area (Å²) in [6.45, 7) is 7.25. The number of benzene rings is 1. The Morgan fingerprint density at radius 1 is 1.10 bits per heavy atom. The van der Waals surface area contributed by atoms with E-state index in [0.717, 1.165) is 12.3 Å². The SMILES string of the molecule is CC(C)CCCC(C)NC[C@@H](O)[C@@H](N)Cc1ccccc1. The molecule has 3 atom stereocenters. The highest BCUT2D eigenvalue weighted by molar-refractivity contribution is 5.16. The van der Waals surface area contributed by atoms with Gasteiger partial charge in [-0.25, -0.2) is 0 Å². The zero-order valence-corrected chi connectivity index (χ0v) is 13.8. The highest BCUT2D eigenvalue weighted by Crippen LogP contribution is 2.09. The molecule has 21 heavy (non-hydrogen) atoms. The van der Waals surface area contributed by atoms with Crippen LogP contribution in [0.2, 0.25) is 0 Å². The van der Waals surface area contributed by atoms with Crippen molar-refractivity contribution in [3.8, 4) is 0 Å². The number of rotatable bonds is 10. The lowest BCUT2D eigenvalue weighted by molar-refractivity contribution is 0.138. The lowest BCUT2D eigenvalue weighted by Gasteiger charge is -2.22. The molecule has 120 valence electrons. The minimum atomic E-state index is -0.502. The van der Waals surface area contributed by atoms with E-state index in [0.29, 0.717) is 19.0 Å². The summed E-state index contributed by atoms with van der Waals surface area (Å²) in [7, 11) is 0. The monoisotopic (exact) mass is 292 g/mol. The highest BCUT2D eigenvalue weighted by Gasteiger charge is 2.16. The average Bonchev–Trinajstić information content (AvgIpc) is 2.45. The van der Waals surface area contributed by atoms with E-state index in [1.807, 2.05) is 18.2 Å². The van der Waals surface area contributed by atoms with E-state index < -0.39 is 6.10 Å². The summed E-state index contributed by atoms with van der Waals surface area (Å²) in [5.41, 5.74) is 7.26. The molecule has 1 unspecified atom stereocenters. The Bertz CT molecular complexity index is 367. The van der Waals surface area contributed by atoms with E-state index in [9.17, 15) is 5.11 Å². The van der Waals surface area contributed by atoms with Crippen molar-refractivity contribution in [3.63, 3.8) is 0 Å². The number of hydrogen-bond donors (Lipinski definition) is 3. The van der Waals surface area contributed by atoms with Gasteiger partial charge >= 0.3 is 0 Å². The molecule has 3 heteroatoms. The third kappa shape index (κ3) is 8.20. The molecule has 4 N–H and O–H groups in total. The minimum Gasteiger partial charge on any atom is -0.390 e. The first-order valence-electron chi connectivity index (χ1n) is 8.20. The van der Waals surface area contributed by atoms with E-state index in [1.165, 1.54) is 18.4 Å². The Balaban J connectivity index is 2.21. The van der Waals surface area contributed by atoms with Crippen LogP contribution in [0.4, 0.5) is 0 Å². The molecule has 1 rings (SSSR count). The molecule has 0 saturated carbocycles. The van der Waals surface area contributed by atoms with Gasteiger partial charge in [0.25, 0.3) is 0 Å². The van der Waals surface area contributed by atoms with E-state index in [4.69, 9.17) is 5.73 Å². The van der Waals surface area contributed by atoms with Gasteiger partial charge in [0.05, 0.1) is 6.10 Å². The molecule has 1 aromatic carbocycles. The molecule has 0 aromatic heterocycles. The molecule has 0 aliphatic heterocycles. The topological polar surface area (TPSA) is 58.3 Å². The molecule has 0 aliphatic carbocycles. The number of nitrogens with two attached hydrogens (primary N) is 1. The van der Waals surface area contributed by atoms with Crippen molar-refractivity contribution in [2.24, 2.45) is 11.7 Å². The van der Waals surface area contributed by atoms with Crippen LogP contribution in [0.3, 0.4) is 0 Å². The van der Waals surface area contributed by atoms with Crippen molar-refractivity contribution >= 4 is 0 Å². The van der Waals surface area contributed by atoms with Crippen molar-refractivity contribution in [2.45, 2.75) is 64.6 Å². The van der Waals surface area contributed by atoms with Gasteiger partial charge in [-0.1, -0.05) is 57.0 Å². The molecule has 1 aromatic rings. The second kappa shape index (κ2) is 9.93. The zero-order chi connectivity index (χ0) is 15.7. The summed E-state index contributed by atoms with van der Waals surface area (Å²) in [6.07, 6.45) is 3.86. The quantitative estimate of drug-likeness (QED) is 0.621. The first-order chi connectivity index (χ1) is 9.99. The Morgan fingerprint density at radius 3 is 2.38 bits per heavy atom. The summed E-state index contributed by atoms with van der Waals surface area (Å²) in [4.78, 5) is 0. The van der Waals surface area contributed by atoms with Crippen LogP contribution in [0.25, 0.3) is 0 Å². The molecule has 0 spiro atoms. The van der Waals surface area contributed by atoms with E-state index in [2.05, 4.69) is 38.2 Å². The maximum Gasteiger partial charge on any atom is 0.0818 e. The highest BCUT2D eigenvalue weighted by atomic mass is 16.3. The van der Waals surface area contributed by atoms with Gasteiger partial charge in [-0.3, -0.25) is 0 Å². The second-order valence-corrected chi connectivity index (χ2v) is 6.55. The van der Waals surface area contributed by atoms with Gasteiger partial charge in [0.15, 0.2) is 0 Å². The van der Waals surface area contributed by atoms with Gasteiger partial charge in [0.1, 0.15) is 0 Å². The van der Waals surface area contributed by atoms with Crippen LogP contribution in [-0.2, 0) is 6.42 Å². The van der Waals surface area contributed by atoms with Crippen molar-refractivity contribution in [1.82, 2.24) is 5.32 Å². The number of hydrogen-bond acceptors (Lipinski definition) is 3. The molecule has 0 amide bonds. The van der Waals surface area contributed by atoms with E-state index >= 15 is 0 Å². The van der Waals surface area contributed by atoms with Crippen molar-refractivity contribution < 1.29 is 5.11 Å². The van der Waals surface area contributed by atoms with Crippen LogP contribution in [0.1, 0.15) is 45.6 Å². The van der Waals surface area contributed by atoms with Gasteiger partial charge in [0.2, 0.25) is 0 Å². The maximum atomic E-state index is 10.2. The van der Waals surface area contributed by atoms with Crippen LogP contribution in [0.15, 0.2) is 30.3 Å². The summed E-state index contributed by atoms with van der Waals surface area (Å²) < 4.78 is 0. The standard InChI is InChI=1S/C18H32N2O/c1-14(2)8-7-9-15(3)20-13-18(21)17(19)12-16-10-5-4-6-11-16/h4-6,10-11,14-15,17-18,20-21H,7-9,12-13,19H2,1-3H3/t15?,17-,18+/m0/s1. The van der Waals surface area contributed by atoms with Gasteiger partial charge in [-0.15, -0.1) is 0 Å². The summed E-state index contributed by atoms with van der Waals surface area (Å²) in [5.74, 6) is 0.766. The molecular formula is C18H32N2O. The molecule has 0 heterocycles. The minimum absolute atomic E-state index is 0.220. The zero-order valence-electron chi connectivity index (χ0n) is 13.8. The Labute approximate surface area is 129 Å². The first-order valence-corrected chi connectivity index (χ1v) is 8.20. The summed E-state index contributed by atoms with van der Waals surface area (Å²) in [5, 5.41) is 13.5. The third-order valence-corrected chi connectivity index (χ3v) is 3.90. The van der Waals surface area contributed by atoms with Crippen molar-refractivity contribution in [3.05, 3.63) is 35.9 Å². The molecule has 0 fully saturated rings. The van der Waals surface area contributed by atoms with E-state index in [-0.39, 0.29) is 6.04 Å². The van der Waals surface area contributed by atoms with Crippen LogP contribution >= 0.6 is 0 Å². The number of aliphatic hydroxyl groups is 1. The molecule has 3 nitrogen and oxygen atoms in total. The Morgan fingerprint density at radius 2 is 1.76 bits per heavy atom. The number of nitrogens with one attached hydrogen (secondary N) is 1. The third-order valence-electron chi connectivity index (χ3n) is 3.90. The molecule has 0 saturated heterocycles. The van der Waals surface area contributed by atoms with Crippen molar-refractivity contribution in [1.29, 1.82) is 0 Å². The fraction of sp³-hybridized carbons (Fsp3) is 0.667. The molecular weight excluding hydrogens is 260 g/mol. The Kier molecular flexibility index (Phi) is 8.58. The maximum absolute atomic E-state index is 10.2. The van der Waals surface area contributed by atoms with E-state index in [1.54, 1.807) is 0 Å². The van der Waals surface area contributed by atoms with Crippen LogP contribution in [-0.4, -0.2) is 29.8 Å². The summed E-state index contributed by atoms with van der Waals surface area (Å²) in [6, 6.07) is 10.3. The normalized spacial score (nSPS) is 15.9. The fourth-order valence-electron chi connectivity index (χ4n) is 2.43. The van der Waals surface area contributed by atoms with Gasteiger partial charge in [-0.2, -0.15) is 0 Å². The lowest BCUT2D eigenvalue weighted by atomic mass is 10.0. The molecule has 0 aliphatic rings. The smallest absolute Gasteiger partial charge is 0.0818 e. The van der Waals surface area contributed by atoms with Crippen LogP contribution in [0.5, 0.6) is 0 Å². The molecule has 0 radical (unpaired) electrons. The van der Waals surface area contributed by atoms with Crippen molar-refractivity contribution in [2.75, 3.05) is 6.54 Å². The summed E-state index contributed by atoms with van der Waals surface area (Å²) >= 11 is 0. The predicted octanol–water partition coefficient (Wildman–Crippen LogP) is 2.72. The van der Waals surface area contributed by atoms with Gasteiger partial charge in [-0.05, 0) is 31.2 Å². The fourth-order valence-corrected chi connectivity index (χ4v) is 2.43. The average molecular weight is 292 g/mol. The Hall–Kier alpha value is -0.900. The second-order valence-electron chi connectivity index (χ2n) is 6.55. The van der Waals surface area contributed by atoms with Gasteiger partial charge in [0, 0.05) is 18.6 Å². The van der Waals surface area contributed by atoms with Crippen LogP contribution in [0, 0.1) is 5.92 Å².